The first-order valence-corrected chi connectivity index (χ1v) is 11.8. The Morgan fingerprint density at radius 3 is 2.33 bits per heavy atom. The van der Waals surface area contributed by atoms with Crippen molar-refractivity contribution in [2.75, 3.05) is 26.0 Å². The molecule has 0 saturated carbocycles. The number of halogens is 3. The minimum Gasteiger partial charge on any atom is -0.350 e. The molecule has 0 fully saturated rings. The Bertz CT molecular complexity index is 947. The van der Waals surface area contributed by atoms with E-state index in [0.29, 0.717) is 13.0 Å². The molecule has 2 atom stereocenters. The second-order valence-corrected chi connectivity index (χ2v) is 10.0. The molecule has 1 rings (SSSR count). The van der Waals surface area contributed by atoms with Crippen LogP contribution in [0.25, 0.3) is 0 Å². The molecule has 0 unspecified atom stereocenters. The van der Waals surface area contributed by atoms with Gasteiger partial charge in [0.25, 0.3) is 0 Å². The van der Waals surface area contributed by atoms with Crippen molar-refractivity contribution < 1.29 is 22.8 Å². The topological polar surface area (TPSA) is 73.5 Å². The third kappa shape index (κ3) is 11.6. The van der Waals surface area contributed by atoms with E-state index in [1.807, 2.05) is 50.2 Å². The van der Waals surface area contributed by atoms with E-state index in [1.165, 1.54) is 12.1 Å². The Morgan fingerprint density at radius 2 is 1.78 bits per heavy atom. The number of urea groups is 1. The number of amides is 3. The monoisotopic (exact) mass is 508 g/mol. The summed E-state index contributed by atoms with van der Waals surface area (Å²) >= 11 is 0. The van der Waals surface area contributed by atoms with Gasteiger partial charge in [0.05, 0.1) is 5.56 Å². The van der Waals surface area contributed by atoms with Gasteiger partial charge in [-0.1, -0.05) is 70.2 Å². The first-order valence-electron chi connectivity index (χ1n) is 11.8. The van der Waals surface area contributed by atoms with Crippen molar-refractivity contribution >= 4 is 17.6 Å². The number of likely N-dealkylation sites (N-methyl/N-ethyl adjacent to an activating group) is 1. The zero-order valence-electron chi connectivity index (χ0n) is 22.0. The van der Waals surface area contributed by atoms with Crippen LogP contribution in [0.5, 0.6) is 0 Å². The molecule has 0 aliphatic rings. The van der Waals surface area contributed by atoms with Crippen LogP contribution in [-0.4, -0.2) is 49.6 Å². The van der Waals surface area contributed by atoms with Gasteiger partial charge in [-0.15, -0.1) is 0 Å². The molecule has 6 nitrogen and oxygen atoms in total. The fourth-order valence-electron chi connectivity index (χ4n) is 3.42. The van der Waals surface area contributed by atoms with E-state index in [1.54, 1.807) is 20.8 Å². The SMILES string of the molecule is C=C(/C=C\C=C/CC)C[C@@H](CN(C)C)NC(=O)[C@@H](NC(=O)Nc1cccc(C(F)(F)F)c1)C(C)(C)C. The minimum absolute atomic E-state index is 0.0268. The number of anilines is 1. The zero-order chi connectivity index (χ0) is 27.5. The van der Waals surface area contributed by atoms with E-state index in [0.717, 1.165) is 24.1 Å². The van der Waals surface area contributed by atoms with Crippen LogP contribution in [0.2, 0.25) is 0 Å². The van der Waals surface area contributed by atoms with Crippen LogP contribution in [-0.2, 0) is 11.0 Å². The van der Waals surface area contributed by atoms with Gasteiger partial charge in [-0.2, -0.15) is 13.2 Å². The Hall–Kier alpha value is -3.07. The van der Waals surface area contributed by atoms with E-state index in [2.05, 4.69) is 22.5 Å². The van der Waals surface area contributed by atoms with E-state index < -0.39 is 35.1 Å². The molecule has 0 aliphatic heterocycles. The second-order valence-electron chi connectivity index (χ2n) is 10.0. The van der Waals surface area contributed by atoms with Gasteiger partial charge >= 0.3 is 12.2 Å². The molecular formula is C27H39F3N4O2. The summed E-state index contributed by atoms with van der Waals surface area (Å²) in [4.78, 5) is 27.8. The molecule has 200 valence electrons. The maximum Gasteiger partial charge on any atom is 0.416 e. The fourth-order valence-corrected chi connectivity index (χ4v) is 3.42. The molecule has 3 amide bonds. The lowest BCUT2D eigenvalue weighted by Gasteiger charge is -2.32. The summed E-state index contributed by atoms with van der Waals surface area (Å²) in [5.41, 5.74) is -0.734. The fraction of sp³-hybridized carbons (Fsp3) is 0.481. The number of carbonyl (C=O) groups is 2. The Labute approximate surface area is 212 Å². The number of hydrogen-bond acceptors (Lipinski definition) is 3. The van der Waals surface area contributed by atoms with Gasteiger partial charge < -0.3 is 20.9 Å². The van der Waals surface area contributed by atoms with Crippen molar-refractivity contribution in [1.29, 1.82) is 0 Å². The number of carbonyl (C=O) groups excluding carboxylic acids is 2. The third-order valence-electron chi connectivity index (χ3n) is 5.11. The Kier molecular flexibility index (Phi) is 11.9. The highest BCUT2D eigenvalue weighted by atomic mass is 19.4. The molecule has 1 aromatic carbocycles. The summed E-state index contributed by atoms with van der Waals surface area (Å²) in [6, 6.07) is 2.34. The molecule has 0 radical (unpaired) electrons. The van der Waals surface area contributed by atoms with Crippen molar-refractivity contribution in [3.63, 3.8) is 0 Å². The molecule has 0 saturated heterocycles. The number of nitrogens with one attached hydrogen (secondary N) is 3. The molecule has 36 heavy (non-hydrogen) atoms. The Balaban J connectivity index is 2.95. The van der Waals surface area contributed by atoms with Crippen LogP contribution in [0.15, 0.2) is 60.7 Å². The summed E-state index contributed by atoms with van der Waals surface area (Å²) in [7, 11) is 3.79. The summed E-state index contributed by atoms with van der Waals surface area (Å²) in [5.74, 6) is -0.392. The standard InChI is InChI=1S/C27H39F3N4O2/c1-8-9-10-11-13-19(2)16-22(18-34(6)7)31-24(35)23(26(3,4)5)33-25(36)32-21-15-12-14-20(17-21)27(28,29)30/h9-15,17,22-23H,2,8,16,18H2,1,3-7H3,(H,31,35)(H2,32,33,36)/b10-9-,13-11-/t22-,23+/m0/s1. The van der Waals surface area contributed by atoms with Gasteiger partial charge in [-0.25, -0.2) is 4.79 Å². The van der Waals surface area contributed by atoms with Crippen molar-refractivity contribution in [1.82, 2.24) is 15.5 Å². The second kappa shape index (κ2) is 13.9. The largest absolute Gasteiger partial charge is 0.416 e. The van der Waals surface area contributed by atoms with Crippen LogP contribution in [0.3, 0.4) is 0 Å². The quantitative estimate of drug-likeness (QED) is 0.333. The highest BCUT2D eigenvalue weighted by Gasteiger charge is 2.34. The predicted octanol–water partition coefficient (Wildman–Crippen LogP) is 5.76. The van der Waals surface area contributed by atoms with E-state index >= 15 is 0 Å². The lowest BCUT2D eigenvalue weighted by Crippen LogP contribution is -2.57. The third-order valence-corrected chi connectivity index (χ3v) is 5.11. The van der Waals surface area contributed by atoms with Gasteiger partial charge in [-0.05, 0) is 50.6 Å². The summed E-state index contributed by atoms with van der Waals surface area (Å²) in [5, 5.41) is 8.02. The van der Waals surface area contributed by atoms with Crippen LogP contribution in [0, 0.1) is 5.41 Å². The number of nitrogens with zero attached hydrogens (tertiary/aromatic N) is 1. The minimum atomic E-state index is -4.53. The van der Waals surface area contributed by atoms with E-state index in [-0.39, 0.29) is 11.7 Å². The van der Waals surface area contributed by atoms with Crippen molar-refractivity contribution in [3.05, 3.63) is 66.3 Å². The van der Waals surface area contributed by atoms with Gasteiger partial charge in [-0.3, -0.25) is 4.79 Å². The van der Waals surface area contributed by atoms with E-state index in [4.69, 9.17) is 0 Å². The molecule has 0 spiro atoms. The number of rotatable bonds is 11. The van der Waals surface area contributed by atoms with Crippen LogP contribution < -0.4 is 16.0 Å². The van der Waals surface area contributed by atoms with Gasteiger partial charge in [0.1, 0.15) is 6.04 Å². The smallest absolute Gasteiger partial charge is 0.350 e. The molecule has 1 aromatic rings. The average molecular weight is 509 g/mol. The molecule has 0 heterocycles. The Morgan fingerprint density at radius 1 is 1.11 bits per heavy atom. The van der Waals surface area contributed by atoms with Crippen molar-refractivity contribution in [2.45, 2.75) is 58.8 Å². The number of allylic oxidation sites excluding steroid dienone is 4. The molecule has 0 aromatic heterocycles. The molecule has 3 N–H and O–H groups in total. The molecule has 0 bridgehead atoms. The first-order chi connectivity index (χ1) is 16.6. The highest BCUT2D eigenvalue weighted by Crippen LogP contribution is 2.30. The highest BCUT2D eigenvalue weighted by molar-refractivity contribution is 5.94. The summed E-state index contributed by atoms with van der Waals surface area (Å²) in [6.45, 7) is 12.1. The normalized spacial score (nSPS) is 14.2. The maximum absolute atomic E-state index is 13.3. The van der Waals surface area contributed by atoms with E-state index in [9.17, 15) is 22.8 Å². The van der Waals surface area contributed by atoms with Gasteiger partial charge in [0.2, 0.25) is 5.91 Å². The number of alkyl halides is 3. The molecule has 9 heteroatoms. The van der Waals surface area contributed by atoms with Crippen LogP contribution in [0.4, 0.5) is 23.7 Å². The zero-order valence-corrected chi connectivity index (χ0v) is 22.0. The van der Waals surface area contributed by atoms with Crippen molar-refractivity contribution in [2.24, 2.45) is 5.41 Å². The van der Waals surface area contributed by atoms with Crippen LogP contribution in [0.1, 0.15) is 46.1 Å². The van der Waals surface area contributed by atoms with Gasteiger partial charge in [0.15, 0.2) is 0 Å². The predicted molar refractivity (Wildman–Crippen MR) is 140 cm³/mol. The van der Waals surface area contributed by atoms with Crippen LogP contribution >= 0.6 is 0 Å². The maximum atomic E-state index is 13.3. The first kappa shape index (κ1) is 31.0. The number of hydrogen-bond donors (Lipinski definition) is 3. The molecule has 0 aliphatic carbocycles. The van der Waals surface area contributed by atoms with Gasteiger partial charge in [0, 0.05) is 18.3 Å². The lowest BCUT2D eigenvalue weighted by atomic mass is 9.86. The summed E-state index contributed by atoms with van der Waals surface area (Å²) in [6.07, 6.45) is 4.66. The number of benzene rings is 1. The molecular weight excluding hydrogens is 469 g/mol. The summed E-state index contributed by atoms with van der Waals surface area (Å²) < 4.78 is 39.0. The lowest BCUT2D eigenvalue weighted by molar-refractivity contribution is -0.137. The average Bonchev–Trinajstić information content (AvgIpc) is 2.73. The van der Waals surface area contributed by atoms with Crippen molar-refractivity contribution in [3.8, 4) is 0 Å².